The number of rotatable bonds is 7. The molecule has 0 fully saturated rings. The second-order valence-electron chi connectivity index (χ2n) is 4.92. The zero-order chi connectivity index (χ0) is 16.5. The van der Waals surface area contributed by atoms with E-state index >= 15 is 0 Å². The Morgan fingerprint density at radius 3 is 2.43 bits per heavy atom. The zero-order valence-corrected chi connectivity index (χ0v) is 12.9. The Morgan fingerprint density at radius 1 is 1.00 bits per heavy atom. The Bertz CT molecular complexity index is 642. The molecule has 0 atom stereocenters. The van der Waals surface area contributed by atoms with E-state index in [2.05, 4.69) is 15.6 Å². The third-order valence-electron chi connectivity index (χ3n) is 3.15. The highest BCUT2D eigenvalue weighted by atomic mass is 16.5. The van der Waals surface area contributed by atoms with Gasteiger partial charge >= 0.3 is 0 Å². The monoisotopic (exact) mass is 313 g/mol. The molecular formula is C17H19N3O3. The highest BCUT2D eigenvalue weighted by Gasteiger charge is 2.06. The van der Waals surface area contributed by atoms with Gasteiger partial charge in [0.2, 0.25) is 17.7 Å². The molecule has 6 heteroatoms. The van der Waals surface area contributed by atoms with Crippen molar-refractivity contribution in [1.82, 2.24) is 15.6 Å². The maximum absolute atomic E-state index is 11.7. The number of ether oxygens (including phenoxy) is 1. The first kappa shape index (κ1) is 16.5. The molecule has 1 heterocycles. The van der Waals surface area contributed by atoms with Gasteiger partial charge in [-0.1, -0.05) is 36.4 Å². The molecule has 0 radical (unpaired) electrons. The Morgan fingerprint density at radius 2 is 1.78 bits per heavy atom. The molecule has 0 saturated carbocycles. The minimum atomic E-state index is -0.248. The molecule has 120 valence electrons. The summed E-state index contributed by atoms with van der Waals surface area (Å²) in [6, 6.07) is 12.9. The average Bonchev–Trinajstić information content (AvgIpc) is 2.59. The maximum Gasteiger partial charge on any atom is 0.239 e. The van der Waals surface area contributed by atoms with Gasteiger partial charge in [-0.3, -0.25) is 9.59 Å². The normalized spacial score (nSPS) is 9.96. The highest BCUT2D eigenvalue weighted by molar-refractivity contribution is 5.85. The summed E-state index contributed by atoms with van der Waals surface area (Å²) >= 11 is 0. The number of nitrogens with zero attached hydrogens (tertiary/aromatic N) is 1. The van der Waals surface area contributed by atoms with Crippen LogP contribution in [0.2, 0.25) is 0 Å². The Balaban J connectivity index is 1.69. The van der Waals surface area contributed by atoms with Gasteiger partial charge in [0.25, 0.3) is 0 Å². The molecule has 0 saturated heterocycles. The van der Waals surface area contributed by atoms with Gasteiger partial charge in [-0.15, -0.1) is 0 Å². The third-order valence-corrected chi connectivity index (χ3v) is 3.15. The fourth-order valence-corrected chi connectivity index (χ4v) is 1.92. The van der Waals surface area contributed by atoms with Gasteiger partial charge < -0.3 is 15.4 Å². The van der Waals surface area contributed by atoms with Gasteiger partial charge in [0, 0.05) is 18.8 Å². The van der Waals surface area contributed by atoms with Crippen LogP contribution in [0.5, 0.6) is 5.88 Å². The van der Waals surface area contributed by atoms with Crippen molar-refractivity contribution in [3.8, 4) is 5.88 Å². The number of carbonyl (C=O) groups is 2. The Labute approximate surface area is 134 Å². The summed E-state index contributed by atoms with van der Waals surface area (Å²) in [6.45, 7) is 0.305. The minimum absolute atomic E-state index is 0.0464. The number of methoxy groups -OCH3 is 1. The van der Waals surface area contributed by atoms with E-state index in [4.69, 9.17) is 4.74 Å². The number of pyridine rings is 1. The van der Waals surface area contributed by atoms with Gasteiger partial charge in [0.05, 0.1) is 20.1 Å². The molecule has 6 nitrogen and oxygen atoms in total. The fourth-order valence-electron chi connectivity index (χ4n) is 1.92. The standard InChI is InChI=1S/C17H19N3O3/c1-23-17-8-7-14(11-20-17)10-18-16(22)12-19-15(21)9-13-5-3-2-4-6-13/h2-8,11H,9-10,12H2,1H3,(H,18,22)(H,19,21). The van der Waals surface area contributed by atoms with Crippen LogP contribution < -0.4 is 15.4 Å². The van der Waals surface area contributed by atoms with Crippen LogP contribution in [-0.2, 0) is 22.6 Å². The minimum Gasteiger partial charge on any atom is -0.481 e. The SMILES string of the molecule is COc1ccc(CNC(=O)CNC(=O)Cc2ccccc2)cn1. The van der Waals surface area contributed by atoms with Gasteiger partial charge in [0.15, 0.2) is 0 Å². The van der Waals surface area contributed by atoms with Crippen molar-refractivity contribution < 1.29 is 14.3 Å². The average molecular weight is 313 g/mol. The molecule has 1 aromatic heterocycles. The number of aromatic nitrogens is 1. The maximum atomic E-state index is 11.7. The van der Waals surface area contributed by atoms with Gasteiger partial charge in [-0.05, 0) is 11.1 Å². The number of hydrogen-bond acceptors (Lipinski definition) is 4. The summed E-state index contributed by atoms with van der Waals surface area (Å²) in [6.07, 6.45) is 1.89. The van der Waals surface area contributed by atoms with Gasteiger partial charge in [-0.2, -0.15) is 0 Å². The Kier molecular flexibility index (Phi) is 6.11. The first-order valence-electron chi connectivity index (χ1n) is 7.23. The van der Waals surface area contributed by atoms with E-state index in [1.54, 1.807) is 19.4 Å². The van der Waals surface area contributed by atoms with Crippen molar-refractivity contribution in [3.63, 3.8) is 0 Å². The molecule has 2 N–H and O–H groups in total. The predicted molar refractivity (Wildman–Crippen MR) is 85.8 cm³/mol. The predicted octanol–water partition coefficient (Wildman–Crippen LogP) is 1.07. The molecule has 0 aliphatic heterocycles. The van der Waals surface area contributed by atoms with Crippen molar-refractivity contribution >= 4 is 11.8 Å². The molecule has 0 spiro atoms. The molecule has 0 bridgehead atoms. The van der Waals surface area contributed by atoms with Crippen LogP contribution in [-0.4, -0.2) is 30.5 Å². The van der Waals surface area contributed by atoms with E-state index in [0.717, 1.165) is 11.1 Å². The quantitative estimate of drug-likeness (QED) is 0.801. The number of carbonyl (C=O) groups excluding carboxylic acids is 2. The molecule has 2 amide bonds. The summed E-state index contributed by atoms with van der Waals surface area (Å²) in [5, 5.41) is 5.32. The molecule has 23 heavy (non-hydrogen) atoms. The Hall–Kier alpha value is -2.89. The van der Waals surface area contributed by atoms with E-state index < -0.39 is 0 Å². The van der Waals surface area contributed by atoms with E-state index in [0.29, 0.717) is 12.4 Å². The van der Waals surface area contributed by atoms with Crippen molar-refractivity contribution in [2.24, 2.45) is 0 Å². The van der Waals surface area contributed by atoms with Crippen LogP contribution >= 0.6 is 0 Å². The summed E-state index contributed by atoms with van der Waals surface area (Å²) in [4.78, 5) is 27.5. The summed E-state index contributed by atoms with van der Waals surface area (Å²) in [5.74, 6) is 0.0907. The first-order valence-corrected chi connectivity index (χ1v) is 7.23. The summed E-state index contributed by atoms with van der Waals surface area (Å²) < 4.78 is 4.96. The molecule has 2 rings (SSSR count). The van der Waals surface area contributed by atoms with Crippen molar-refractivity contribution in [2.45, 2.75) is 13.0 Å². The topological polar surface area (TPSA) is 80.3 Å². The largest absolute Gasteiger partial charge is 0.481 e. The number of amides is 2. The first-order chi connectivity index (χ1) is 11.2. The zero-order valence-electron chi connectivity index (χ0n) is 12.9. The van der Waals surface area contributed by atoms with E-state index in [1.165, 1.54) is 0 Å². The molecule has 1 aromatic carbocycles. The number of hydrogen-bond donors (Lipinski definition) is 2. The lowest BCUT2D eigenvalue weighted by Gasteiger charge is -2.07. The lowest BCUT2D eigenvalue weighted by molar-refractivity contribution is -0.125. The number of benzene rings is 1. The molecule has 0 aliphatic carbocycles. The van der Waals surface area contributed by atoms with Crippen LogP contribution in [0.1, 0.15) is 11.1 Å². The highest BCUT2D eigenvalue weighted by Crippen LogP contribution is 2.06. The number of nitrogens with one attached hydrogen (secondary N) is 2. The van der Waals surface area contributed by atoms with Crippen LogP contribution in [0.3, 0.4) is 0 Å². The van der Waals surface area contributed by atoms with Crippen LogP contribution in [0.4, 0.5) is 0 Å². The van der Waals surface area contributed by atoms with Crippen molar-refractivity contribution in [2.75, 3.05) is 13.7 Å². The molecule has 0 aliphatic rings. The van der Waals surface area contributed by atoms with Gasteiger partial charge in [-0.25, -0.2) is 4.98 Å². The second kappa shape index (κ2) is 8.53. The molecule has 2 aromatic rings. The van der Waals surface area contributed by atoms with E-state index in [9.17, 15) is 9.59 Å². The van der Waals surface area contributed by atoms with Crippen molar-refractivity contribution in [3.05, 3.63) is 59.8 Å². The smallest absolute Gasteiger partial charge is 0.239 e. The fraction of sp³-hybridized carbons (Fsp3) is 0.235. The molecular weight excluding hydrogens is 294 g/mol. The summed E-state index contributed by atoms with van der Waals surface area (Å²) in [7, 11) is 1.54. The van der Waals surface area contributed by atoms with Crippen LogP contribution in [0, 0.1) is 0 Å². The van der Waals surface area contributed by atoms with E-state index in [1.807, 2.05) is 36.4 Å². The van der Waals surface area contributed by atoms with Crippen LogP contribution in [0.25, 0.3) is 0 Å². The summed E-state index contributed by atoms with van der Waals surface area (Å²) in [5.41, 5.74) is 1.77. The molecule has 0 unspecified atom stereocenters. The van der Waals surface area contributed by atoms with Gasteiger partial charge in [0.1, 0.15) is 0 Å². The third kappa shape index (κ3) is 5.78. The lowest BCUT2D eigenvalue weighted by atomic mass is 10.1. The van der Waals surface area contributed by atoms with Crippen LogP contribution in [0.15, 0.2) is 48.7 Å². The van der Waals surface area contributed by atoms with E-state index in [-0.39, 0.29) is 24.8 Å². The lowest BCUT2D eigenvalue weighted by Crippen LogP contribution is -2.37. The van der Waals surface area contributed by atoms with Crippen molar-refractivity contribution in [1.29, 1.82) is 0 Å². The second-order valence-corrected chi connectivity index (χ2v) is 4.92.